The van der Waals surface area contributed by atoms with E-state index in [1.165, 1.54) is 12.1 Å². The van der Waals surface area contributed by atoms with E-state index in [1.807, 2.05) is 6.92 Å². The van der Waals surface area contributed by atoms with Crippen molar-refractivity contribution in [2.75, 3.05) is 0 Å². The molecule has 0 aliphatic heterocycles. The summed E-state index contributed by atoms with van der Waals surface area (Å²) < 4.78 is 39.3. The number of alkyl halides is 3. The van der Waals surface area contributed by atoms with Crippen molar-refractivity contribution in [2.24, 2.45) is 0 Å². The molecule has 0 saturated heterocycles. The fourth-order valence-corrected chi connectivity index (χ4v) is 2.09. The summed E-state index contributed by atoms with van der Waals surface area (Å²) in [5, 5.41) is 0. The van der Waals surface area contributed by atoms with Gasteiger partial charge in [-0.3, -0.25) is 9.78 Å². The number of benzene rings is 1. The molecular formula is C14H9BrF3NO. The number of hydrogen-bond acceptors (Lipinski definition) is 2. The van der Waals surface area contributed by atoms with E-state index in [0.717, 1.165) is 24.0 Å². The van der Waals surface area contributed by atoms with E-state index in [-0.39, 0.29) is 5.56 Å². The number of halogens is 4. The van der Waals surface area contributed by atoms with Gasteiger partial charge in [0.25, 0.3) is 0 Å². The van der Waals surface area contributed by atoms with Crippen LogP contribution in [0.4, 0.5) is 13.2 Å². The molecule has 0 amide bonds. The maximum absolute atomic E-state index is 12.9. The van der Waals surface area contributed by atoms with E-state index in [1.54, 1.807) is 6.07 Å². The summed E-state index contributed by atoms with van der Waals surface area (Å²) in [5.74, 6) is -0.703. The Hall–Kier alpha value is -1.69. The number of carbonyl (C=O) groups is 1. The van der Waals surface area contributed by atoms with Crippen LogP contribution in [0.25, 0.3) is 0 Å². The van der Waals surface area contributed by atoms with Crippen molar-refractivity contribution in [2.45, 2.75) is 13.1 Å². The first-order chi connectivity index (χ1) is 9.30. The van der Waals surface area contributed by atoms with Crippen molar-refractivity contribution in [3.05, 3.63) is 63.4 Å². The van der Waals surface area contributed by atoms with Gasteiger partial charge in [-0.15, -0.1) is 0 Å². The summed E-state index contributed by atoms with van der Waals surface area (Å²) in [6.07, 6.45) is -2.63. The minimum absolute atomic E-state index is 0.181. The lowest BCUT2D eigenvalue weighted by Gasteiger charge is -2.11. The SMILES string of the molecule is Cc1ccc(C(=O)c2cnccc2C(F)(F)F)cc1Br. The molecule has 0 spiro atoms. The number of aryl methyl sites for hydroxylation is 1. The molecule has 2 rings (SSSR count). The van der Waals surface area contributed by atoms with E-state index in [4.69, 9.17) is 0 Å². The van der Waals surface area contributed by atoms with Crippen LogP contribution in [0, 0.1) is 6.92 Å². The van der Waals surface area contributed by atoms with E-state index >= 15 is 0 Å². The molecule has 0 aliphatic carbocycles. The fourth-order valence-electron chi connectivity index (χ4n) is 1.71. The van der Waals surface area contributed by atoms with Crippen LogP contribution >= 0.6 is 15.9 Å². The number of pyridine rings is 1. The average molecular weight is 344 g/mol. The smallest absolute Gasteiger partial charge is 0.289 e. The minimum Gasteiger partial charge on any atom is -0.289 e. The maximum atomic E-state index is 12.9. The standard InChI is InChI=1S/C14H9BrF3NO/c1-8-2-3-9(6-12(8)15)13(20)10-7-19-5-4-11(10)14(16,17)18/h2-7H,1H3. The number of rotatable bonds is 2. The van der Waals surface area contributed by atoms with E-state index in [0.29, 0.717) is 4.47 Å². The lowest BCUT2D eigenvalue weighted by molar-refractivity contribution is -0.137. The summed E-state index contributed by atoms with van der Waals surface area (Å²) in [4.78, 5) is 15.8. The van der Waals surface area contributed by atoms with Gasteiger partial charge < -0.3 is 0 Å². The van der Waals surface area contributed by atoms with Gasteiger partial charge in [0.2, 0.25) is 0 Å². The first-order valence-electron chi connectivity index (χ1n) is 5.63. The number of aromatic nitrogens is 1. The highest BCUT2D eigenvalue weighted by molar-refractivity contribution is 9.10. The molecule has 6 heteroatoms. The Morgan fingerprint density at radius 1 is 1.25 bits per heavy atom. The van der Waals surface area contributed by atoms with Gasteiger partial charge in [0.15, 0.2) is 5.78 Å². The Kier molecular flexibility index (Phi) is 3.94. The van der Waals surface area contributed by atoms with Gasteiger partial charge in [0.1, 0.15) is 0 Å². The summed E-state index contributed by atoms with van der Waals surface area (Å²) in [6, 6.07) is 5.47. The largest absolute Gasteiger partial charge is 0.417 e. The number of nitrogens with zero attached hydrogens (tertiary/aromatic N) is 1. The van der Waals surface area contributed by atoms with Crippen LogP contribution in [-0.2, 0) is 6.18 Å². The summed E-state index contributed by atoms with van der Waals surface area (Å²) in [5.41, 5.74) is -0.352. The molecule has 0 atom stereocenters. The lowest BCUT2D eigenvalue weighted by Crippen LogP contribution is -2.14. The Balaban J connectivity index is 2.51. The van der Waals surface area contributed by atoms with Crippen molar-refractivity contribution < 1.29 is 18.0 Å². The van der Waals surface area contributed by atoms with Crippen LogP contribution in [0.1, 0.15) is 27.0 Å². The molecule has 1 aromatic heterocycles. The molecule has 0 unspecified atom stereocenters. The lowest BCUT2D eigenvalue weighted by atomic mass is 9.99. The van der Waals surface area contributed by atoms with E-state index in [2.05, 4.69) is 20.9 Å². The second-order valence-corrected chi connectivity index (χ2v) is 5.07. The second-order valence-electron chi connectivity index (χ2n) is 4.21. The van der Waals surface area contributed by atoms with E-state index < -0.39 is 23.1 Å². The second kappa shape index (κ2) is 5.36. The molecule has 0 radical (unpaired) electrons. The van der Waals surface area contributed by atoms with Crippen LogP contribution in [0.5, 0.6) is 0 Å². The molecule has 0 N–H and O–H groups in total. The topological polar surface area (TPSA) is 30.0 Å². The van der Waals surface area contributed by atoms with Gasteiger partial charge in [0, 0.05) is 22.4 Å². The highest BCUT2D eigenvalue weighted by Gasteiger charge is 2.35. The van der Waals surface area contributed by atoms with Crippen LogP contribution in [-0.4, -0.2) is 10.8 Å². The van der Waals surface area contributed by atoms with Crippen molar-refractivity contribution in [1.82, 2.24) is 4.98 Å². The van der Waals surface area contributed by atoms with Crippen LogP contribution in [0.3, 0.4) is 0 Å². The molecule has 0 saturated carbocycles. The van der Waals surface area contributed by atoms with Crippen LogP contribution < -0.4 is 0 Å². The summed E-state index contributed by atoms with van der Waals surface area (Å²) in [7, 11) is 0. The van der Waals surface area contributed by atoms with Crippen molar-refractivity contribution in [1.29, 1.82) is 0 Å². The molecule has 0 fully saturated rings. The predicted octanol–water partition coefficient (Wildman–Crippen LogP) is 4.40. The first-order valence-corrected chi connectivity index (χ1v) is 6.42. The third-order valence-electron chi connectivity index (χ3n) is 2.81. The molecule has 2 nitrogen and oxygen atoms in total. The molecule has 0 aliphatic rings. The van der Waals surface area contributed by atoms with Gasteiger partial charge in [-0.1, -0.05) is 28.1 Å². The van der Waals surface area contributed by atoms with Crippen LogP contribution in [0.2, 0.25) is 0 Å². The Morgan fingerprint density at radius 3 is 2.55 bits per heavy atom. The number of ketones is 1. The van der Waals surface area contributed by atoms with Crippen molar-refractivity contribution in [3.8, 4) is 0 Å². The monoisotopic (exact) mass is 343 g/mol. The molecule has 104 valence electrons. The van der Waals surface area contributed by atoms with Crippen molar-refractivity contribution >= 4 is 21.7 Å². The van der Waals surface area contributed by atoms with Crippen LogP contribution in [0.15, 0.2) is 41.1 Å². The quantitative estimate of drug-likeness (QED) is 0.756. The van der Waals surface area contributed by atoms with Gasteiger partial charge >= 0.3 is 6.18 Å². The zero-order chi connectivity index (χ0) is 14.9. The zero-order valence-corrected chi connectivity index (χ0v) is 11.9. The summed E-state index contributed by atoms with van der Waals surface area (Å²) >= 11 is 3.25. The Morgan fingerprint density at radius 2 is 1.95 bits per heavy atom. The average Bonchev–Trinajstić information content (AvgIpc) is 2.40. The Bertz CT molecular complexity index is 668. The number of hydrogen-bond donors (Lipinski definition) is 0. The third-order valence-corrected chi connectivity index (χ3v) is 3.66. The molecule has 1 aromatic carbocycles. The van der Waals surface area contributed by atoms with Gasteiger partial charge in [-0.05, 0) is 24.6 Å². The molecule has 1 heterocycles. The maximum Gasteiger partial charge on any atom is 0.417 e. The summed E-state index contributed by atoms with van der Waals surface area (Å²) in [6.45, 7) is 1.82. The van der Waals surface area contributed by atoms with Gasteiger partial charge in [0.05, 0.1) is 11.1 Å². The molecular weight excluding hydrogens is 335 g/mol. The van der Waals surface area contributed by atoms with E-state index in [9.17, 15) is 18.0 Å². The van der Waals surface area contributed by atoms with Gasteiger partial charge in [-0.25, -0.2) is 0 Å². The highest BCUT2D eigenvalue weighted by Crippen LogP contribution is 2.32. The predicted molar refractivity (Wildman–Crippen MR) is 71.6 cm³/mol. The van der Waals surface area contributed by atoms with Gasteiger partial charge in [-0.2, -0.15) is 13.2 Å². The van der Waals surface area contributed by atoms with Crippen molar-refractivity contribution in [3.63, 3.8) is 0 Å². The molecule has 20 heavy (non-hydrogen) atoms. The minimum atomic E-state index is -4.59. The fraction of sp³-hybridized carbons (Fsp3) is 0.143. The normalized spacial score (nSPS) is 11.4. The molecule has 2 aromatic rings. The number of carbonyl (C=O) groups excluding carboxylic acids is 1. The molecule has 0 bridgehead atoms. The highest BCUT2D eigenvalue weighted by atomic mass is 79.9. The zero-order valence-electron chi connectivity index (χ0n) is 10.3. The third kappa shape index (κ3) is 2.90. The Labute approximate surface area is 121 Å². The first kappa shape index (κ1) is 14.7.